The Morgan fingerprint density at radius 2 is 2.04 bits per heavy atom. The summed E-state index contributed by atoms with van der Waals surface area (Å²) in [5.41, 5.74) is -1.86. The third-order valence-corrected chi connectivity index (χ3v) is 5.45. The second kappa shape index (κ2) is 8.60. The van der Waals surface area contributed by atoms with E-state index < -0.39 is 46.5 Å². The maximum absolute atomic E-state index is 14.4. The van der Waals surface area contributed by atoms with Gasteiger partial charge in [0, 0.05) is 21.4 Å². The van der Waals surface area contributed by atoms with Crippen LogP contribution >= 0.6 is 15.9 Å². The predicted molar refractivity (Wildman–Crippen MR) is 94.0 cm³/mol. The molecule has 1 rings (SSSR count). The summed E-state index contributed by atoms with van der Waals surface area (Å²) in [5.74, 6) is -1.40. The molecule has 0 aromatic heterocycles. The highest BCUT2D eigenvalue weighted by Crippen LogP contribution is 2.33. The molecule has 0 heterocycles. The predicted octanol–water partition coefficient (Wildman–Crippen LogP) is 3.76. The van der Waals surface area contributed by atoms with Crippen LogP contribution in [-0.4, -0.2) is 28.6 Å². The van der Waals surface area contributed by atoms with Gasteiger partial charge in [0.25, 0.3) is 0 Å². The number of nitrogens with one attached hydrogen (secondary N) is 1. The van der Waals surface area contributed by atoms with Gasteiger partial charge in [0.15, 0.2) is 0 Å². The van der Waals surface area contributed by atoms with Crippen molar-refractivity contribution in [3.05, 3.63) is 34.1 Å². The summed E-state index contributed by atoms with van der Waals surface area (Å²) >= 11 is 1.49. The highest BCUT2D eigenvalue weighted by atomic mass is 79.9. The van der Waals surface area contributed by atoms with Crippen LogP contribution in [0.5, 0.6) is 0 Å². The van der Waals surface area contributed by atoms with Gasteiger partial charge >= 0.3 is 5.97 Å². The molecule has 0 bridgehead atoms. The monoisotopic (exact) mass is 425 g/mol. The average Bonchev–Trinajstić information content (AvgIpc) is 2.48. The van der Waals surface area contributed by atoms with E-state index in [4.69, 9.17) is 4.74 Å². The Hall–Kier alpha value is -0.700. The molecule has 0 saturated heterocycles. The fourth-order valence-corrected chi connectivity index (χ4v) is 3.24. The highest BCUT2D eigenvalue weighted by Gasteiger charge is 2.44. The second-order valence-electron chi connectivity index (χ2n) is 6.30. The third kappa shape index (κ3) is 5.40. The third-order valence-electron chi connectivity index (χ3n) is 3.27. The van der Waals surface area contributed by atoms with Gasteiger partial charge in [-0.25, -0.2) is 8.78 Å². The van der Waals surface area contributed by atoms with Crippen LogP contribution in [0, 0.1) is 5.82 Å². The molecule has 0 saturated carbocycles. The summed E-state index contributed by atoms with van der Waals surface area (Å²) in [5, 5.41) is 0. The first-order chi connectivity index (χ1) is 11.1. The number of rotatable bonds is 7. The van der Waals surface area contributed by atoms with Crippen molar-refractivity contribution < 1.29 is 22.9 Å². The molecule has 0 fully saturated rings. The number of hydrogen-bond acceptors (Lipinski definition) is 4. The Kier molecular flexibility index (Phi) is 7.65. The van der Waals surface area contributed by atoms with Crippen molar-refractivity contribution in [1.29, 1.82) is 0 Å². The minimum absolute atomic E-state index is 0.0787. The van der Waals surface area contributed by atoms with Gasteiger partial charge in [0.2, 0.25) is 0 Å². The Labute approximate surface area is 152 Å². The molecule has 2 atom stereocenters. The molecule has 0 radical (unpaired) electrons. The lowest BCUT2D eigenvalue weighted by molar-refractivity contribution is -0.145. The van der Waals surface area contributed by atoms with Crippen molar-refractivity contribution in [1.82, 2.24) is 4.72 Å². The summed E-state index contributed by atoms with van der Waals surface area (Å²) in [4.78, 5) is 12.0. The minimum atomic E-state index is -1.78. The molecule has 0 unspecified atom stereocenters. The number of carbonyl (C=O) groups is 1. The van der Waals surface area contributed by atoms with Gasteiger partial charge in [0.05, 0.1) is 13.0 Å². The summed E-state index contributed by atoms with van der Waals surface area (Å²) in [6, 6.07) is 4.00. The normalized spacial score (nSPS) is 15.7. The topological polar surface area (TPSA) is 61.4 Å². The molecule has 8 heteroatoms. The van der Waals surface area contributed by atoms with Crippen LogP contribution in [0.4, 0.5) is 8.78 Å². The van der Waals surface area contributed by atoms with Crippen LogP contribution in [0.1, 0.15) is 39.7 Å². The van der Waals surface area contributed by atoms with Crippen LogP contribution < -0.4 is 4.72 Å². The van der Waals surface area contributed by atoms with Gasteiger partial charge in [-0.05, 0) is 45.9 Å². The smallest absolute Gasteiger partial charge is 0.308 e. The van der Waals surface area contributed by atoms with Crippen molar-refractivity contribution in [2.24, 2.45) is 0 Å². The number of halogens is 3. The van der Waals surface area contributed by atoms with Crippen molar-refractivity contribution >= 4 is 33.3 Å². The second-order valence-corrected chi connectivity index (χ2v) is 9.19. The molecule has 1 aromatic carbocycles. The van der Waals surface area contributed by atoms with E-state index in [2.05, 4.69) is 20.7 Å². The van der Waals surface area contributed by atoms with Gasteiger partial charge in [-0.2, -0.15) is 0 Å². The molecule has 1 aromatic rings. The lowest BCUT2D eigenvalue weighted by Crippen LogP contribution is -2.54. The maximum Gasteiger partial charge on any atom is 0.308 e. The molecule has 0 spiro atoms. The maximum atomic E-state index is 14.4. The Balaban J connectivity index is 3.37. The standard InChI is InChI=1S/C16H22BrF2NO3S/c1-5-23-14(21)9-16(10-18,20-24(22)15(2,3)4)12-8-11(17)6-7-13(12)19/h6-8,20H,5,9-10H2,1-4H3/t16-,24-/m1/s1. The quantitative estimate of drug-likeness (QED) is 0.533. The van der Waals surface area contributed by atoms with E-state index in [0.717, 1.165) is 6.07 Å². The fourth-order valence-electron chi connectivity index (χ4n) is 1.99. The van der Waals surface area contributed by atoms with Gasteiger partial charge in [-0.3, -0.25) is 4.79 Å². The summed E-state index contributed by atoms with van der Waals surface area (Å²) in [6.45, 7) is 5.70. The first kappa shape index (κ1) is 21.3. The van der Waals surface area contributed by atoms with Crippen molar-refractivity contribution in [3.8, 4) is 0 Å². The van der Waals surface area contributed by atoms with Crippen LogP contribution in [0.3, 0.4) is 0 Å². The largest absolute Gasteiger partial charge is 0.598 e. The zero-order valence-corrected chi connectivity index (χ0v) is 16.5. The van der Waals surface area contributed by atoms with E-state index in [1.807, 2.05) is 0 Å². The van der Waals surface area contributed by atoms with Crippen LogP contribution in [0.25, 0.3) is 0 Å². The van der Waals surface area contributed by atoms with E-state index >= 15 is 0 Å². The number of hydrogen-bond donors (Lipinski definition) is 1. The average molecular weight is 426 g/mol. The summed E-state index contributed by atoms with van der Waals surface area (Å²) < 4.78 is 48.2. The van der Waals surface area contributed by atoms with Gasteiger partial charge in [-0.15, -0.1) is 4.72 Å². The number of carbonyl (C=O) groups excluding carboxylic acids is 1. The zero-order valence-electron chi connectivity index (χ0n) is 14.1. The van der Waals surface area contributed by atoms with Crippen molar-refractivity contribution in [2.45, 2.75) is 44.4 Å². The van der Waals surface area contributed by atoms with Crippen LogP contribution in [0.2, 0.25) is 0 Å². The molecule has 4 nitrogen and oxygen atoms in total. The van der Waals surface area contributed by atoms with Gasteiger partial charge in [0.1, 0.15) is 22.8 Å². The number of esters is 1. The lowest BCUT2D eigenvalue weighted by atomic mass is 9.88. The van der Waals surface area contributed by atoms with E-state index in [1.54, 1.807) is 27.7 Å². The first-order valence-electron chi connectivity index (χ1n) is 7.42. The van der Waals surface area contributed by atoms with Gasteiger partial charge < -0.3 is 9.29 Å². The molecule has 0 aliphatic carbocycles. The molecule has 0 amide bonds. The van der Waals surface area contributed by atoms with E-state index in [9.17, 15) is 18.1 Å². The SMILES string of the molecule is CCOC(=O)C[C@](CF)(N[S@+]([O-])C(C)(C)C)c1cc(Br)ccc1F. The number of ether oxygens (including phenoxy) is 1. The Morgan fingerprint density at radius 1 is 1.42 bits per heavy atom. The van der Waals surface area contributed by atoms with Crippen LogP contribution in [-0.2, 0) is 26.4 Å². The lowest BCUT2D eigenvalue weighted by Gasteiger charge is -2.35. The zero-order chi connectivity index (χ0) is 18.5. The molecule has 1 N–H and O–H groups in total. The molecular formula is C16H22BrF2NO3S. The molecule has 136 valence electrons. The first-order valence-corrected chi connectivity index (χ1v) is 9.37. The highest BCUT2D eigenvalue weighted by molar-refractivity contribution is 9.10. The van der Waals surface area contributed by atoms with E-state index in [-0.39, 0.29) is 12.2 Å². The minimum Gasteiger partial charge on any atom is -0.598 e. The summed E-state index contributed by atoms with van der Waals surface area (Å²) in [7, 11) is 0. The van der Waals surface area contributed by atoms with Gasteiger partial charge in [-0.1, -0.05) is 15.9 Å². The van der Waals surface area contributed by atoms with E-state index in [1.165, 1.54) is 12.1 Å². The number of alkyl halides is 1. The van der Waals surface area contributed by atoms with Crippen molar-refractivity contribution in [2.75, 3.05) is 13.3 Å². The Morgan fingerprint density at radius 3 is 2.54 bits per heavy atom. The molecular weight excluding hydrogens is 404 g/mol. The molecule has 24 heavy (non-hydrogen) atoms. The molecule has 0 aliphatic rings. The number of benzene rings is 1. The fraction of sp³-hybridized carbons (Fsp3) is 0.562. The summed E-state index contributed by atoms with van der Waals surface area (Å²) in [6.07, 6.45) is -0.480. The Bertz CT molecular complexity index is 583. The van der Waals surface area contributed by atoms with Crippen molar-refractivity contribution in [3.63, 3.8) is 0 Å². The molecule has 0 aliphatic heterocycles. The van der Waals surface area contributed by atoms with E-state index in [0.29, 0.717) is 4.47 Å². The van der Waals surface area contributed by atoms with Crippen LogP contribution in [0.15, 0.2) is 22.7 Å².